The number of benzene rings is 1. The van der Waals surface area contributed by atoms with E-state index in [1.54, 1.807) is 18.2 Å². The van der Waals surface area contributed by atoms with Crippen molar-refractivity contribution in [3.05, 3.63) is 46.5 Å². The van der Waals surface area contributed by atoms with Gasteiger partial charge in [-0.05, 0) is 12.1 Å². The Kier molecular flexibility index (Phi) is 3.52. The first kappa shape index (κ1) is 10.3. The summed E-state index contributed by atoms with van der Waals surface area (Å²) >= 11 is 11.6. The van der Waals surface area contributed by atoms with Gasteiger partial charge in [0.2, 0.25) is 0 Å². The predicted octanol–water partition coefficient (Wildman–Crippen LogP) is 3.75. The molecule has 0 bridgehead atoms. The molecule has 0 atom stereocenters. The number of Topliss-reactive ketones (excluding diaryl/α,β-unsaturated/α-hetero) is 1. The van der Waals surface area contributed by atoms with Crippen molar-refractivity contribution in [1.29, 1.82) is 0 Å². The zero-order valence-corrected chi connectivity index (χ0v) is 8.40. The van der Waals surface area contributed by atoms with Crippen LogP contribution in [0.1, 0.15) is 16.8 Å². The van der Waals surface area contributed by atoms with Crippen LogP contribution in [0, 0.1) is 0 Å². The SMILES string of the molecule is C=CCC(=O)c1c(Cl)cccc1Cl. The second kappa shape index (κ2) is 4.45. The van der Waals surface area contributed by atoms with Crippen molar-refractivity contribution in [2.45, 2.75) is 6.42 Å². The lowest BCUT2D eigenvalue weighted by atomic mass is 10.1. The average molecular weight is 215 g/mol. The molecule has 1 aromatic carbocycles. The molecule has 0 N–H and O–H groups in total. The van der Waals surface area contributed by atoms with Gasteiger partial charge in [0.05, 0.1) is 15.6 Å². The summed E-state index contributed by atoms with van der Waals surface area (Å²) in [5.41, 5.74) is 0.380. The molecule has 0 aliphatic rings. The molecule has 0 aromatic heterocycles. The number of ketones is 1. The van der Waals surface area contributed by atoms with Gasteiger partial charge in [0, 0.05) is 6.42 Å². The van der Waals surface area contributed by atoms with E-state index in [1.807, 2.05) is 0 Å². The molecule has 1 rings (SSSR count). The summed E-state index contributed by atoms with van der Waals surface area (Å²) in [6.07, 6.45) is 1.78. The number of hydrogen-bond acceptors (Lipinski definition) is 1. The first-order valence-electron chi connectivity index (χ1n) is 3.75. The van der Waals surface area contributed by atoms with Crippen molar-refractivity contribution in [2.24, 2.45) is 0 Å². The van der Waals surface area contributed by atoms with Gasteiger partial charge in [-0.2, -0.15) is 0 Å². The number of hydrogen-bond donors (Lipinski definition) is 0. The normalized spacial score (nSPS) is 9.69. The highest BCUT2D eigenvalue weighted by Crippen LogP contribution is 2.25. The van der Waals surface area contributed by atoms with Crippen LogP contribution in [-0.2, 0) is 0 Å². The molecule has 1 aromatic rings. The molecule has 0 aliphatic carbocycles. The monoisotopic (exact) mass is 214 g/mol. The van der Waals surface area contributed by atoms with Gasteiger partial charge in [-0.1, -0.05) is 35.3 Å². The third-order valence-electron chi connectivity index (χ3n) is 1.57. The zero-order chi connectivity index (χ0) is 9.84. The van der Waals surface area contributed by atoms with Crippen molar-refractivity contribution in [1.82, 2.24) is 0 Å². The predicted molar refractivity (Wildman–Crippen MR) is 55.6 cm³/mol. The Balaban J connectivity index is 3.12. The van der Waals surface area contributed by atoms with Crippen LogP contribution in [0.5, 0.6) is 0 Å². The maximum atomic E-state index is 11.4. The summed E-state index contributed by atoms with van der Waals surface area (Å²) < 4.78 is 0. The molecule has 0 aliphatic heterocycles. The van der Waals surface area contributed by atoms with E-state index in [-0.39, 0.29) is 12.2 Å². The summed E-state index contributed by atoms with van der Waals surface area (Å²) in [6, 6.07) is 4.99. The topological polar surface area (TPSA) is 17.1 Å². The van der Waals surface area contributed by atoms with Crippen LogP contribution >= 0.6 is 23.2 Å². The summed E-state index contributed by atoms with van der Waals surface area (Å²) in [6.45, 7) is 3.48. The third-order valence-corrected chi connectivity index (χ3v) is 2.20. The molecule has 0 saturated heterocycles. The summed E-state index contributed by atoms with van der Waals surface area (Å²) in [7, 11) is 0. The van der Waals surface area contributed by atoms with Crippen LogP contribution in [-0.4, -0.2) is 5.78 Å². The van der Waals surface area contributed by atoms with E-state index in [2.05, 4.69) is 6.58 Å². The lowest BCUT2D eigenvalue weighted by Crippen LogP contribution is -1.98. The molecule has 68 valence electrons. The van der Waals surface area contributed by atoms with E-state index in [4.69, 9.17) is 23.2 Å². The Morgan fingerprint density at radius 2 is 1.92 bits per heavy atom. The highest BCUT2D eigenvalue weighted by molar-refractivity contribution is 6.39. The smallest absolute Gasteiger partial charge is 0.169 e. The molecule has 1 nitrogen and oxygen atoms in total. The second-order valence-electron chi connectivity index (χ2n) is 2.51. The molecule has 0 spiro atoms. The lowest BCUT2D eigenvalue weighted by Gasteiger charge is -2.03. The zero-order valence-electron chi connectivity index (χ0n) is 6.89. The van der Waals surface area contributed by atoms with E-state index in [0.29, 0.717) is 15.6 Å². The van der Waals surface area contributed by atoms with Gasteiger partial charge >= 0.3 is 0 Å². The Morgan fingerprint density at radius 1 is 1.38 bits per heavy atom. The fourth-order valence-electron chi connectivity index (χ4n) is 0.997. The Bertz CT molecular complexity index is 325. The van der Waals surface area contributed by atoms with Crippen molar-refractivity contribution in [2.75, 3.05) is 0 Å². The molecule has 0 saturated carbocycles. The molecule has 0 heterocycles. The Labute approximate surface area is 87.0 Å². The van der Waals surface area contributed by atoms with Crippen molar-refractivity contribution in [3.8, 4) is 0 Å². The van der Waals surface area contributed by atoms with Crippen molar-refractivity contribution in [3.63, 3.8) is 0 Å². The van der Waals surface area contributed by atoms with Crippen molar-refractivity contribution < 1.29 is 4.79 Å². The van der Waals surface area contributed by atoms with Crippen LogP contribution in [0.25, 0.3) is 0 Å². The maximum absolute atomic E-state index is 11.4. The Hall–Kier alpha value is -0.790. The first-order chi connectivity index (χ1) is 6.16. The average Bonchev–Trinajstić information content (AvgIpc) is 2.04. The summed E-state index contributed by atoms with van der Waals surface area (Å²) in [4.78, 5) is 11.4. The van der Waals surface area contributed by atoms with E-state index >= 15 is 0 Å². The van der Waals surface area contributed by atoms with Gasteiger partial charge in [0.15, 0.2) is 5.78 Å². The number of carbonyl (C=O) groups excluding carboxylic acids is 1. The molecule has 0 unspecified atom stereocenters. The molecular weight excluding hydrogens is 207 g/mol. The fourth-order valence-corrected chi connectivity index (χ4v) is 1.61. The van der Waals surface area contributed by atoms with Crippen LogP contribution in [0.2, 0.25) is 10.0 Å². The quantitative estimate of drug-likeness (QED) is 0.554. The standard InChI is InChI=1S/C10H8Cl2O/c1-2-4-9(13)10-7(11)5-3-6-8(10)12/h2-3,5-6H,1,4H2. The highest BCUT2D eigenvalue weighted by atomic mass is 35.5. The first-order valence-corrected chi connectivity index (χ1v) is 4.50. The van der Waals surface area contributed by atoms with Gasteiger partial charge in [0.25, 0.3) is 0 Å². The van der Waals surface area contributed by atoms with Crippen LogP contribution < -0.4 is 0 Å². The molecule has 3 heteroatoms. The minimum atomic E-state index is -0.106. The van der Waals surface area contributed by atoms with Crippen LogP contribution in [0.4, 0.5) is 0 Å². The lowest BCUT2D eigenvalue weighted by molar-refractivity contribution is 0.0996. The van der Waals surface area contributed by atoms with E-state index in [1.165, 1.54) is 6.08 Å². The van der Waals surface area contributed by atoms with E-state index in [0.717, 1.165) is 0 Å². The number of carbonyl (C=O) groups is 1. The number of allylic oxidation sites excluding steroid dienone is 1. The molecule has 0 fully saturated rings. The van der Waals surface area contributed by atoms with E-state index < -0.39 is 0 Å². The summed E-state index contributed by atoms with van der Waals surface area (Å²) in [5, 5.41) is 0.777. The van der Waals surface area contributed by atoms with Crippen LogP contribution in [0.3, 0.4) is 0 Å². The van der Waals surface area contributed by atoms with Gasteiger partial charge < -0.3 is 0 Å². The van der Waals surface area contributed by atoms with Crippen molar-refractivity contribution >= 4 is 29.0 Å². The van der Waals surface area contributed by atoms with Gasteiger partial charge in [0.1, 0.15) is 0 Å². The molecule has 0 amide bonds. The number of halogens is 2. The minimum Gasteiger partial charge on any atom is -0.294 e. The highest BCUT2D eigenvalue weighted by Gasteiger charge is 2.12. The maximum Gasteiger partial charge on any atom is 0.169 e. The molecule has 13 heavy (non-hydrogen) atoms. The number of rotatable bonds is 3. The largest absolute Gasteiger partial charge is 0.294 e. The summed E-state index contributed by atoms with van der Waals surface area (Å²) in [5.74, 6) is -0.106. The van der Waals surface area contributed by atoms with Gasteiger partial charge in [-0.3, -0.25) is 4.79 Å². The minimum absolute atomic E-state index is 0.106. The Morgan fingerprint density at radius 3 is 2.38 bits per heavy atom. The third kappa shape index (κ3) is 2.33. The van der Waals surface area contributed by atoms with E-state index in [9.17, 15) is 4.79 Å². The van der Waals surface area contributed by atoms with Gasteiger partial charge in [-0.25, -0.2) is 0 Å². The molecule has 0 radical (unpaired) electrons. The molecular formula is C10H8Cl2O. The van der Waals surface area contributed by atoms with Gasteiger partial charge in [-0.15, -0.1) is 6.58 Å². The second-order valence-corrected chi connectivity index (χ2v) is 3.33. The fraction of sp³-hybridized carbons (Fsp3) is 0.100. The van der Waals surface area contributed by atoms with Crippen LogP contribution in [0.15, 0.2) is 30.9 Å².